The number of phenols is 5. The zero-order valence-corrected chi connectivity index (χ0v) is 24.4. The summed E-state index contributed by atoms with van der Waals surface area (Å²) in [5.74, 6) is -11.3. The molecule has 3 aromatic carbocycles. The van der Waals surface area contributed by atoms with Crippen molar-refractivity contribution in [1.82, 2.24) is 0 Å². The highest BCUT2D eigenvalue weighted by Crippen LogP contribution is 2.63. The molecule has 0 heterocycles. The number of benzene rings is 3. The SMILES string of the molecule is COC(=O)c1c(O)ccc(O)c1C(=O)c1c(O)cc2c(c1O)[C@@H]1C=C[C@@]3(C2)[C@@H](OC(C)=O)c2cc(C)cc(O)c2C(=O)[C@]3(O)C1=O. The fourth-order valence-corrected chi connectivity index (χ4v) is 7.08. The third kappa shape index (κ3) is 3.75. The molecule has 4 aliphatic rings. The number of carbonyl (C=O) groups excluding carboxylic acids is 5. The van der Waals surface area contributed by atoms with Crippen LogP contribution in [0.2, 0.25) is 0 Å². The van der Waals surface area contributed by atoms with Crippen molar-refractivity contribution in [2.75, 3.05) is 7.11 Å². The molecule has 0 amide bonds. The second-order valence-electron chi connectivity index (χ2n) is 11.6. The van der Waals surface area contributed by atoms with Crippen LogP contribution >= 0.6 is 0 Å². The Morgan fingerprint density at radius 2 is 1.54 bits per heavy atom. The second-order valence-corrected chi connectivity index (χ2v) is 11.6. The fourth-order valence-electron chi connectivity index (χ4n) is 7.08. The number of aromatic hydroxyl groups is 5. The Morgan fingerprint density at radius 3 is 2.17 bits per heavy atom. The van der Waals surface area contributed by atoms with Crippen molar-refractivity contribution in [2.45, 2.75) is 37.9 Å². The number of methoxy groups -OCH3 is 1. The van der Waals surface area contributed by atoms with Gasteiger partial charge in [-0.15, -0.1) is 0 Å². The van der Waals surface area contributed by atoms with Crippen LogP contribution in [-0.2, 0) is 25.5 Å². The molecule has 6 N–H and O–H groups in total. The number of aryl methyl sites for hydroxylation is 1. The Morgan fingerprint density at radius 1 is 0.891 bits per heavy atom. The van der Waals surface area contributed by atoms with E-state index in [9.17, 15) is 54.6 Å². The minimum absolute atomic E-state index is 0.00979. The van der Waals surface area contributed by atoms with E-state index in [-0.39, 0.29) is 16.7 Å². The summed E-state index contributed by atoms with van der Waals surface area (Å²) in [5, 5.41) is 66.6. The number of rotatable bonds is 4. The minimum atomic E-state index is -2.96. The number of hydrogen-bond acceptors (Lipinski definition) is 13. The maximum absolute atomic E-state index is 14.3. The van der Waals surface area contributed by atoms with Gasteiger partial charge in [-0.1, -0.05) is 18.2 Å². The fraction of sp³-hybridized carbons (Fsp3) is 0.242. The van der Waals surface area contributed by atoms with Crippen molar-refractivity contribution >= 4 is 29.3 Å². The van der Waals surface area contributed by atoms with Crippen LogP contribution < -0.4 is 0 Å². The van der Waals surface area contributed by atoms with Gasteiger partial charge in [0.25, 0.3) is 0 Å². The number of phenolic OH excluding ortho intramolecular Hbond substituents is 5. The lowest BCUT2D eigenvalue weighted by Crippen LogP contribution is -2.66. The topological polar surface area (TPSA) is 225 Å². The van der Waals surface area contributed by atoms with Crippen LogP contribution in [0.15, 0.2) is 42.5 Å². The molecule has 0 radical (unpaired) electrons. The van der Waals surface area contributed by atoms with Crippen molar-refractivity contribution in [3.05, 3.63) is 87.0 Å². The summed E-state index contributed by atoms with van der Waals surface area (Å²) >= 11 is 0. The summed E-state index contributed by atoms with van der Waals surface area (Å²) in [5.41, 5.74) is -7.69. The number of ether oxygens (including phenoxy) is 2. The van der Waals surface area contributed by atoms with E-state index in [0.29, 0.717) is 5.56 Å². The van der Waals surface area contributed by atoms with Crippen molar-refractivity contribution in [2.24, 2.45) is 5.41 Å². The molecule has 13 heteroatoms. The summed E-state index contributed by atoms with van der Waals surface area (Å²) < 4.78 is 10.3. The summed E-state index contributed by atoms with van der Waals surface area (Å²) in [6.45, 7) is 2.69. The maximum atomic E-state index is 14.3. The average Bonchev–Trinajstić information content (AvgIpc) is 3.19. The first-order valence-electron chi connectivity index (χ1n) is 13.9. The number of carbonyl (C=O) groups is 5. The van der Waals surface area contributed by atoms with Gasteiger partial charge in [0.2, 0.25) is 11.6 Å². The van der Waals surface area contributed by atoms with Gasteiger partial charge in [-0.2, -0.15) is 0 Å². The van der Waals surface area contributed by atoms with Crippen LogP contribution in [0.25, 0.3) is 0 Å². The molecule has 0 fully saturated rings. The highest BCUT2D eigenvalue weighted by Gasteiger charge is 2.71. The van der Waals surface area contributed by atoms with Crippen molar-refractivity contribution in [1.29, 1.82) is 0 Å². The second kappa shape index (κ2) is 9.91. The van der Waals surface area contributed by atoms with Gasteiger partial charge >= 0.3 is 11.9 Å². The van der Waals surface area contributed by atoms with Crippen molar-refractivity contribution in [3.63, 3.8) is 0 Å². The molecule has 0 saturated carbocycles. The average molecular weight is 631 g/mol. The van der Waals surface area contributed by atoms with Gasteiger partial charge in [0.1, 0.15) is 46.0 Å². The van der Waals surface area contributed by atoms with E-state index in [1.807, 2.05) is 0 Å². The molecule has 13 nitrogen and oxygen atoms in total. The molecule has 1 spiro atoms. The molecular formula is C33H26O13. The van der Waals surface area contributed by atoms with Crippen LogP contribution in [0.5, 0.6) is 28.7 Å². The molecule has 0 saturated heterocycles. The van der Waals surface area contributed by atoms with Gasteiger partial charge in [0.15, 0.2) is 11.4 Å². The standard InChI is InChI=1S/C33H26O13/c1-12-8-16-22(19(37)9-12)29(42)33(44)28(41)15-6-7-32(33,30(16)46-13(2)34)11-14-10-20(38)25(26(39)21(14)15)27(40)23-17(35)4-5-18(36)24(23)31(43)45-3/h4-10,15,30,35-39,44H,11H2,1-3H3/t15-,30-,32+,33+/m0/s1. The number of ketones is 3. The van der Waals surface area contributed by atoms with Gasteiger partial charge in [0, 0.05) is 18.1 Å². The van der Waals surface area contributed by atoms with Gasteiger partial charge < -0.3 is 40.1 Å². The molecule has 3 aromatic rings. The van der Waals surface area contributed by atoms with Gasteiger partial charge in [-0.3, -0.25) is 19.2 Å². The highest BCUT2D eigenvalue weighted by atomic mass is 16.5. The van der Waals surface area contributed by atoms with E-state index < -0.39 is 110 Å². The zero-order valence-electron chi connectivity index (χ0n) is 24.4. The van der Waals surface area contributed by atoms with Crippen LogP contribution in [-0.4, -0.2) is 72.6 Å². The molecule has 0 unspecified atom stereocenters. The molecule has 7 rings (SSSR count). The number of fused-ring (bicyclic) bond motifs is 1. The van der Waals surface area contributed by atoms with E-state index >= 15 is 0 Å². The zero-order chi connectivity index (χ0) is 33.6. The van der Waals surface area contributed by atoms with Crippen LogP contribution in [0.4, 0.5) is 0 Å². The van der Waals surface area contributed by atoms with Crippen LogP contribution in [0, 0.1) is 12.3 Å². The highest BCUT2D eigenvalue weighted by molar-refractivity contribution is 6.24. The van der Waals surface area contributed by atoms with Crippen LogP contribution in [0.1, 0.15) is 77.8 Å². The monoisotopic (exact) mass is 630 g/mol. The number of esters is 2. The van der Waals surface area contributed by atoms with Crippen LogP contribution in [0.3, 0.4) is 0 Å². The van der Waals surface area contributed by atoms with Gasteiger partial charge in [0.05, 0.1) is 29.6 Å². The molecule has 2 bridgehead atoms. The van der Waals surface area contributed by atoms with Crippen molar-refractivity contribution in [3.8, 4) is 28.7 Å². The summed E-state index contributed by atoms with van der Waals surface area (Å²) in [7, 11) is 0.958. The quantitative estimate of drug-likeness (QED) is 0.0802. The maximum Gasteiger partial charge on any atom is 0.342 e. The number of aliphatic hydroxyl groups is 1. The third-order valence-corrected chi connectivity index (χ3v) is 8.98. The molecule has 0 aromatic heterocycles. The molecular weight excluding hydrogens is 604 g/mol. The van der Waals surface area contributed by atoms with E-state index in [1.54, 1.807) is 6.92 Å². The van der Waals surface area contributed by atoms with E-state index in [4.69, 9.17) is 4.74 Å². The van der Waals surface area contributed by atoms with E-state index in [1.165, 1.54) is 24.3 Å². The smallest absolute Gasteiger partial charge is 0.342 e. The first-order chi connectivity index (χ1) is 21.6. The lowest BCUT2D eigenvalue weighted by atomic mass is 9.53. The Hall–Kier alpha value is -5.69. The third-order valence-electron chi connectivity index (χ3n) is 8.98. The summed E-state index contributed by atoms with van der Waals surface area (Å²) in [6, 6.07) is 5.55. The molecule has 236 valence electrons. The Kier molecular flexibility index (Phi) is 6.53. The molecule has 4 aliphatic carbocycles. The van der Waals surface area contributed by atoms with Gasteiger partial charge in [-0.25, -0.2) is 4.79 Å². The molecule has 0 aliphatic heterocycles. The Labute approximate surface area is 259 Å². The first-order valence-corrected chi connectivity index (χ1v) is 13.9. The van der Waals surface area contributed by atoms with E-state index in [0.717, 1.165) is 32.2 Å². The van der Waals surface area contributed by atoms with E-state index in [2.05, 4.69) is 4.74 Å². The first kappa shape index (κ1) is 30.3. The largest absolute Gasteiger partial charge is 0.507 e. The number of hydrogen-bond donors (Lipinski definition) is 6. The predicted molar refractivity (Wildman–Crippen MR) is 154 cm³/mol. The summed E-state index contributed by atoms with van der Waals surface area (Å²) in [4.78, 5) is 67.0. The normalized spacial score (nSPS) is 24.0. The van der Waals surface area contributed by atoms with Crippen molar-refractivity contribution < 1.29 is 64.1 Å². The molecule has 46 heavy (non-hydrogen) atoms. The molecule has 4 atom stereocenters. The number of allylic oxidation sites excluding steroid dienone is 1. The minimum Gasteiger partial charge on any atom is -0.507 e. The van der Waals surface area contributed by atoms with Gasteiger partial charge in [-0.05, 0) is 48.7 Å². The number of Topliss-reactive ketones (excluding diaryl/α,β-unsaturated/α-hetero) is 2. The lowest BCUT2D eigenvalue weighted by molar-refractivity contribution is -0.172. The lowest BCUT2D eigenvalue weighted by Gasteiger charge is -2.52. The summed E-state index contributed by atoms with van der Waals surface area (Å²) in [6.07, 6.45) is 0.582. The Bertz CT molecular complexity index is 1990. The Balaban J connectivity index is 1.62. The predicted octanol–water partition coefficient (Wildman–Crippen LogP) is 2.54.